The highest BCUT2D eigenvalue weighted by atomic mass is 32.1. The van der Waals surface area contributed by atoms with E-state index >= 15 is 0 Å². The van der Waals surface area contributed by atoms with Crippen LogP contribution in [0.2, 0.25) is 0 Å². The standard InChI is InChI=1S/C15H20N2O2S/c1-16-6-5-12(9-16)10-17(2)15(19)13-8-14(20-11-13)4-3-7-18/h8,11-12,18H,5-7,9-10H2,1-2H3. The molecule has 0 aromatic carbocycles. The van der Waals surface area contributed by atoms with Crippen molar-refractivity contribution in [1.82, 2.24) is 9.80 Å². The summed E-state index contributed by atoms with van der Waals surface area (Å²) >= 11 is 1.44. The highest BCUT2D eigenvalue weighted by Crippen LogP contribution is 2.18. The molecule has 1 N–H and O–H groups in total. The fourth-order valence-electron chi connectivity index (χ4n) is 2.51. The van der Waals surface area contributed by atoms with E-state index in [0.29, 0.717) is 11.5 Å². The molecule has 1 saturated heterocycles. The highest BCUT2D eigenvalue weighted by Gasteiger charge is 2.23. The maximum absolute atomic E-state index is 12.3. The minimum atomic E-state index is -0.156. The van der Waals surface area contributed by atoms with E-state index < -0.39 is 0 Å². The van der Waals surface area contributed by atoms with Gasteiger partial charge in [-0.15, -0.1) is 11.3 Å². The Labute approximate surface area is 124 Å². The monoisotopic (exact) mass is 292 g/mol. The molecule has 1 unspecified atom stereocenters. The second-order valence-corrected chi connectivity index (χ2v) is 6.17. The number of rotatable bonds is 3. The van der Waals surface area contributed by atoms with E-state index in [9.17, 15) is 4.79 Å². The van der Waals surface area contributed by atoms with Crippen molar-refractivity contribution in [2.24, 2.45) is 5.92 Å². The fraction of sp³-hybridized carbons (Fsp3) is 0.533. The summed E-state index contributed by atoms with van der Waals surface area (Å²) < 4.78 is 0. The van der Waals surface area contributed by atoms with E-state index in [2.05, 4.69) is 23.8 Å². The predicted octanol–water partition coefficient (Wildman–Crippen LogP) is 1.12. The number of hydrogen-bond donors (Lipinski definition) is 1. The largest absolute Gasteiger partial charge is 0.384 e. The molecule has 0 bridgehead atoms. The molecule has 2 heterocycles. The Balaban J connectivity index is 1.94. The minimum absolute atomic E-state index is 0.0489. The smallest absolute Gasteiger partial charge is 0.254 e. The molecule has 1 atom stereocenters. The maximum Gasteiger partial charge on any atom is 0.254 e. The molecular formula is C15H20N2O2S. The van der Waals surface area contributed by atoms with E-state index in [1.807, 2.05) is 12.4 Å². The number of nitrogens with zero attached hydrogens (tertiary/aromatic N) is 2. The van der Waals surface area contributed by atoms with Crippen LogP contribution < -0.4 is 0 Å². The van der Waals surface area contributed by atoms with Crippen LogP contribution in [0.5, 0.6) is 0 Å². The molecule has 0 spiro atoms. The average molecular weight is 292 g/mol. The first-order valence-electron chi connectivity index (χ1n) is 6.72. The van der Waals surface area contributed by atoms with Crippen LogP contribution in [-0.2, 0) is 0 Å². The number of carbonyl (C=O) groups excluding carboxylic acids is 1. The molecule has 4 nitrogen and oxygen atoms in total. The summed E-state index contributed by atoms with van der Waals surface area (Å²) in [7, 11) is 3.98. The van der Waals surface area contributed by atoms with Gasteiger partial charge in [0.1, 0.15) is 6.61 Å². The lowest BCUT2D eigenvalue weighted by molar-refractivity contribution is 0.0774. The Hall–Kier alpha value is -1.35. The number of aliphatic hydroxyl groups excluding tert-OH is 1. The van der Waals surface area contributed by atoms with Crippen molar-refractivity contribution >= 4 is 17.2 Å². The zero-order chi connectivity index (χ0) is 14.5. The molecule has 0 radical (unpaired) electrons. The first-order chi connectivity index (χ1) is 9.60. The van der Waals surface area contributed by atoms with Crippen molar-refractivity contribution in [2.45, 2.75) is 6.42 Å². The fourth-order valence-corrected chi connectivity index (χ4v) is 3.26. The third kappa shape index (κ3) is 3.83. The van der Waals surface area contributed by atoms with Crippen molar-refractivity contribution < 1.29 is 9.90 Å². The van der Waals surface area contributed by atoms with Crippen LogP contribution >= 0.6 is 11.3 Å². The highest BCUT2D eigenvalue weighted by molar-refractivity contribution is 7.10. The van der Waals surface area contributed by atoms with Crippen molar-refractivity contribution in [3.05, 3.63) is 21.9 Å². The lowest BCUT2D eigenvalue weighted by Crippen LogP contribution is -2.32. The lowest BCUT2D eigenvalue weighted by atomic mass is 10.1. The van der Waals surface area contributed by atoms with Crippen molar-refractivity contribution in [3.8, 4) is 11.8 Å². The van der Waals surface area contributed by atoms with Crippen LogP contribution in [0.3, 0.4) is 0 Å². The molecule has 5 heteroatoms. The van der Waals surface area contributed by atoms with Gasteiger partial charge in [-0.05, 0) is 32.0 Å². The minimum Gasteiger partial charge on any atom is -0.384 e. The predicted molar refractivity (Wildman–Crippen MR) is 80.8 cm³/mol. The third-order valence-corrected chi connectivity index (χ3v) is 4.35. The first-order valence-corrected chi connectivity index (χ1v) is 7.60. The van der Waals surface area contributed by atoms with Gasteiger partial charge in [0.2, 0.25) is 0 Å². The number of carbonyl (C=O) groups is 1. The maximum atomic E-state index is 12.3. The van der Waals surface area contributed by atoms with E-state index in [1.165, 1.54) is 11.3 Å². The Morgan fingerprint density at radius 2 is 2.45 bits per heavy atom. The second-order valence-electron chi connectivity index (χ2n) is 5.26. The third-order valence-electron chi connectivity index (χ3n) is 3.50. The SMILES string of the molecule is CN1CCC(CN(C)C(=O)c2csc(C#CCO)c2)C1. The van der Waals surface area contributed by atoms with E-state index in [0.717, 1.165) is 30.9 Å². The summed E-state index contributed by atoms with van der Waals surface area (Å²) in [6.45, 7) is 2.83. The van der Waals surface area contributed by atoms with Crippen LogP contribution in [0.15, 0.2) is 11.4 Å². The summed E-state index contributed by atoms with van der Waals surface area (Å²) in [4.78, 5) is 17.2. The molecular weight excluding hydrogens is 272 g/mol. The topological polar surface area (TPSA) is 43.8 Å². The molecule has 2 rings (SSSR count). The summed E-state index contributed by atoms with van der Waals surface area (Å²) in [5.41, 5.74) is 0.686. The van der Waals surface area contributed by atoms with Gasteiger partial charge in [-0.25, -0.2) is 0 Å². The Morgan fingerprint density at radius 3 is 3.10 bits per heavy atom. The van der Waals surface area contributed by atoms with Crippen LogP contribution in [0.4, 0.5) is 0 Å². The quantitative estimate of drug-likeness (QED) is 0.849. The second kappa shape index (κ2) is 6.89. The summed E-state index contributed by atoms with van der Waals surface area (Å²) in [6, 6.07) is 1.80. The van der Waals surface area contributed by atoms with Gasteiger partial charge in [-0.1, -0.05) is 11.8 Å². The number of likely N-dealkylation sites (tertiary alicyclic amines) is 1. The Bertz CT molecular complexity index is 529. The molecule has 1 amide bonds. The number of aliphatic hydroxyl groups is 1. The van der Waals surface area contributed by atoms with E-state index in [-0.39, 0.29) is 12.5 Å². The van der Waals surface area contributed by atoms with E-state index in [4.69, 9.17) is 5.11 Å². The molecule has 108 valence electrons. The van der Waals surface area contributed by atoms with Crippen molar-refractivity contribution in [3.63, 3.8) is 0 Å². The zero-order valence-electron chi connectivity index (χ0n) is 11.9. The molecule has 0 saturated carbocycles. The zero-order valence-corrected chi connectivity index (χ0v) is 12.7. The van der Waals surface area contributed by atoms with Crippen molar-refractivity contribution in [2.75, 3.05) is 40.3 Å². The van der Waals surface area contributed by atoms with Gasteiger partial charge >= 0.3 is 0 Å². The molecule has 20 heavy (non-hydrogen) atoms. The Morgan fingerprint density at radius 1 is 1.65 bits per heavy atom. The van der Waals surface area contributed by atoms with Gasteiger partial charge in [0.15, 0.2) is 0 Å². The normalized spacial score (nSPS) is 18.6. The van der Waals surface area contributed by atoms with Crippen LogP contribution in [-0.4, -0.2) is 61.2 Å². The van der Waals surface area contributed by atoms with Gasteiger partial charge < -0.3 is 14.9 Å². The molecule has 1 aromatic rings. The molecule has 0 aliphatic carbocycles. The van der Waals surface area contributed by atoms with E-state index in [1.54, 1.807) is 11.0 Å². The molecule has 1 aromatic heterocycles. The summed E-state index contributed by atoms with van der Waals surface area (Å²) in [6.07, 6.45) is 1.16. The summed E-state index contributed by atoms with van der Waals surface area (Å²) in [5.74, 6) is 6.04. The van der Waals surface area contributed by atoms with Crippen LogP contribution in [0.25, 0.3) is 0 Å². The first kappa shape index (κ1) is 15.0. The molecule has 1 fully saturated rings. The van der Waals surface area contributed by atoms with Crippen molar-refractivity contribution in [1.29, 1.82) is 0 Å². The van der Waals surface area contributed by atoms with Crippen LogP contribution in [0.1, 0.15) is 21.7 Å². The lowest BCUT2D eigenvalue weighted by Gasteiger charge is -2.20. The Kier molecular flexibility index (Phi) is 5.18. The molecule has 1 aliphatic heterocycles. The average Bonchev–Trinajstić information content (AvgIpc) is 3.04. The van der Waals surface area contributed by atoms with Gasteiger partial charge in [0, 0.05) is 25.5 Å². The summed E-state index contributed by atoms with van der Waals surface area (Å²) in [5, 5.41) is 10.5. The molecule has 1 aliphatic rings. The van der Waals surface area contributed by atoms with Crippen LogP contribution in [0, 0.1) is 17.8 Å². The number of hydrogen-bond acceptors (Lipinski definition) is 4. The van der Waals surface area contributed by atoms with Gasteiger partial charge in [-0.3, -0.25) is 4.79 Å². The number of amides is 1. The van der Waals surface area contributed by atoms with Gasteiger partial charge in [0.05, 0.1) is 10.4 Å². The number of thiophene rings is 1. The van der Waals surface area contributed by atoms with Gasteiger partial charge in [-0.2, -0.15) is 0 Å². The van der Waals surface area contributed by atoms with Gasteiger partial charge in [0.25, 0.3) is 5.91 Å².